The van der Waals surface area contributed by atoms with Gasteiger partial charge in [-0.05, 0) is 6.07 Å². The van der Waals surface area contributed by atoms with E-state index in [1.165, 1.54) is 23.7 Å². The number of halogens is 4. The van der Waals surface area contributed by atoms with Crippen LogP contribution >= 0.6 is 0 Å². The third kappa shape index (κ3) is 1.27. The van der Waals surface area contributed by atoms with Crippen molar-refractivity contribution in [1.82, 2.24) is 0 Å². The summed E-state index contributed by atoms with van der Waals surface area (Å²) >= 11 is 0. The van der Waals surface area contributed by atoms with Crippen LogP contribution in [0.5, 0.6) is 0 Å². The molecule has 0 saturated carbocycles. The summed E-state index contributed by atoms with van der Waals surface area (Å²) in [5.41, 5.74) is 0.327. The number of benzene rings is 1. The van der Waals surface area contributed by atoms with Crippen molar-refractivity contribution in [3.63, 3.8) is 0 Å². The van der Waals surface area contributed by atoms with Crippen LogP contribution in [0.2, 0.25) is 0 Å². The van der Waals surface area contributed by atoms with Crippen LogP contribution in [-0.4, -0.2) is 0 Å². The summed E-state index contributed by atoms with van der Waals surface area (Å²) in [6.07, 6.45) is 0. The second-order valence-electron chi connectivity index (χ2n) is 3.55. The Kier molecular flexibility index (Phi) is 2.33. The maximum absolute atomic E-state index is 13.5. The maximum atomic E-state index is 13.5. The van der Waals surface area contributed by atoms with Crippen LogP contribution < -0.4 is 4.57 Å². The van der Waals surface area contributed by atoms with Gasteiger partial charge in [0.25, 0.3) is 5.52 Å². The lowest BCUT2D eigenvalue weighted by Gasteiger charge is -2.04. The first-order chi connectivity index (χ1) is 7.45. The summed E-state index contributed by atoms with van der Waals surface area (Å²) in [6, 6.07) is 2.73. The zero-order valence-electron chi connectivity index (χ0n) is 8.61. The van der Waals surface area contributed by atoms with E-state index in [1.807, 2.05) is 0 Å². The van der Waals surface area contributed by atoms with Gasteiger partial charge in [-0.2, -0.15) is 8.96 Å². The molecule has 0 saturated heterocycles. The highest BCUT2D eigenvalue weighted by molar-refractivity contribution is 5.77. The Morgan fingerprint density at radius 2 is 1.44 bits per heavy atom. The Morgan fingerprint density at radius 1 is 0.875 bits per heavy atom. The molecule has 1 aromatic heterocycles. The zero-order valence-corrected chi connectivity index (χ0v) is 8.61. The predicted octanol–water partition coefficient (Wildman–Crippen LogP) is 2.53. The fraction of sp³-hybridized carbons (Fsp3) is 0.182. The van der Waals surface area contributed by atoms with Crippen molar-refractivity contribution in [3.8, 4) is 0 Å². The minimum absolute atomic E-state index is 0.274. The number of hydrogen-bond donors (Lipinski definition) is 0. The van der Waals surface area contributed by atoms with Crippen LogP contribution in [0.4, 0.5) is 17.6 Å². The number of fused-ring (bicyclic) bond motifs is 1. The summed E-state index contributed by atoms with van der Waals surface area (Å²) in [7, 11) is 1.46. The number of rotatable bonds is 0. The molecule has 5 heteroatoms. The van der Waals surface area contributed by atoms with Gasteiger partial charge in [-0.25, -0.2) is 13.2 Å². The van der Waals surface area contributed by atoms with E-state index in [9.17, 15) is 17.6 Å². The molecule has 1 aromatic carbocycles. The minimum atomic E-state index is -1.79. The van der Waals surface area contributed by atoms with E-state index in [1.54, 1.807) is 6.92 Å². The predicted molar refractivity (Wildman–Crippen MR) is 49.7 cm³/mol. The Bertz CT molecular complexity index is 593. The van der Waals surface area contributed by atoms with E-state index in [0.717, 1.165) is 0 Å². The summed E-state index contributed by atoms with van der Waals surface area (Å²) in [5, 5.41) is -0.274. The van der Waals surface area contributed by atoms with Crippen LogP contribution in [0.3, 0.4) is 0 Å². The van der Waals surface area contributed by atoms with E-state index >= 15 is 0 Å². The third-order valence-corrected chi connectivity index (χ3v) is 2.63. The fourth-order valence-corrected chi connectivity index (χ4v) is 1.61. The smallest absolute Gasteiger partial charge is 0.203 e. The maximum Gasteiger partial charge on any atom is 0.254 e. The Hall–Kier alpha value is -1.65. The molecular weight excluding hydrogens is 222 g/mol. The van der Waals surface area contributed by atoms with Gasteiger partial charge in [-0.3, -0.25) is 0 Å². The molecule has 0 spiro atoms. The summed E-state index contributed by atoms with van der Waals surface area (Å²) < 4.78 is 54.1. The molecule has 16 heavy (non-hydrogen) atoms. The number of hydrogen-bond acceptors (Lipinski definition) is 0. The molecular formula is C11H8F4N+. The normalized spacial score (nSPS) is 11.1. The molecule has 1 nitrogen and oxygen atoms in total. The molecule has 84 valence electrons. The average Bonchev–Trinajstić information content (AvgIpc) is 2.27. The van der Waals surface area contributed by atoms with E-state index in [0.29, 0.717) is 5.69 Å². The Morgan fingerprint density at radius 3 is 2.06 bits per heavy atom. The molecule has 0 radical (unpaired) electrons. The Labute approximate surface area is 88.9 Å². The molecule has 0 atom stereocenters. The largest absolute Gasteiger partial charge is 0.254 e. The van der Waals surface area contributed by atoms with Crippen molar-refractivity contribution < 1.29 is 22.1 Å². The molecule has 2 aromatic rings. The molecule has 0 fully saturated rings. The first kappa shape index (κ1) is 10.9. The average molecular weight is 230 g/mol. The lowest BCUT2D eigenvalue weighted by atomic mass is 10.1. The van der Waals surface area contributed by atoms with E-state index in [-0.39, 0.29) is 10.9 Å². The van der Waals surface area contributed by atoms with Gasteiger partial charge >= 0.3 is 0 Å². The van der Waals surface area contributed by atoms with Gasteiger partial charge in [0.2, 0.25) is 11.6 Å². The van der Waals surface area contributed by atoms with Gasteiger partial charge in [0.05, 0.1) is 5.39 Å². The highest BCUT2D eigenvalue weighted by Gasteiger charge is 2.26. The van der Waals surface area contributed by atoms with Gasteiger partial charge in [-0.1, -0.05) is 0 Å². The molecule has 2 rings (SSSR count). The zero-order chi connectivity index (χ0) is 12.0. The van der Waals surface area contributed by atoms with Crippen molar-refractivity contribution in [2.45, 2.75) is 6.92 Å². The molecule has 0 aliphatic carbocycles. The standard InChI is InChI=1S/C11H8F4N/c1-5-3-4-6-7(12)8(13)9(14)10(15)11(6)16(5)2/h3-4H,1-2H3/q+1. The topological polar surface area (TPSA) is 3.88 Å². The summed E-state index contributed by atoms with van der Waals surface area (Å²) in [5.74, 6) is -6.32. The number of pyridine rings is 1. The molecule has 0 aliphatic heterocycles. The fourth-order valence-electron chi connectivity index (χ4n) is 1.61. The lowest BCUT2D eigenvalue weighted by Crippen LogP contribution is -2.34. The van der Waals surface area contributed by atoms with Crippen LogP contribution in [0.15, 0.2) is 12.1 Å². The van der Waals surface area contributed by atoms with Crippen molar-refractivity contribution >= 4 is 10.9 Å². The van der Waals surface area contributed by atoms with Crippen molar-refractivity contribution in [2.24, 2.45) is 7.05 Å². The SMILES string of the molecule is Cc1ccc2c(F)c(F)c(F)c(F)c2[n+]1C. The van der Waals surface area contributed by atoms with Gasteiger partial charge in [0, 0.05) is 13.0 Å². The second-order valence-corrected chi connectivity index (χ2v) is 3.55. The second kappa shape index (κ2) is 3.43. The monoisotopic (exact) mass is 230 g/mol. The third-order valence-electron chi connectivity index (χ3n) is 2.63. The molecule has 0 aliphatic rings. The van der Waals surface area contributed by atoms with Gasteiger partial charge in [0.15, 0.2) is 17.3 Å². The quantitative estimate of drug-likeness (QED) is 0.283. The van der Waals surface area contributed by atoms with Crippen LogP contribution in [0.1, 0.15) is 5.69 Å². The number of nitrogens with zero attached hydrogens (tertiary/aromatic N) is 1. The molecule has 0 amide bonds. The van der Waals surface area contributed by atoms with E-state index in [4.69, 9.17) is 0 Å². The molecule has 0 bridgehead atoms. The molecule has 1 heterocycles. The highest BCUT2D eigenvalue weighted by atomic mass is 19.2. The van der Waals surface area contributed by atoms with Crippen LogP contribution in [-0.2, 0) is 7.05 Å². The Balaban J connectivity index is 3.09. The van der Waals surface area contributed by atoms with Gasteiger partial charge < -0.3 is 0 Å². The number of aromatic nitrogens is 1. The number of aryl methyl sites for hydroxylation is 2. The first-order valence-corrected chi connectivity index (χ1v) is 4.56. The van der Waals surface area contributed by atoms with Gasteiger partial charge in [-0.15, -0.1) is 0 Å². The van der Waals surface area contributed by atoms with Crippen molar-refractivity contribution in [2.75, 3.05) is 0 Å². The lowest BCUT2D eigenvalue weighted by molar-refractivity contribution is -0.652. The molecule has 0 N–H and O–H groups in total. The highest BCUT2D eigenvalue weighted by Crippen LogP contribution is 2.24. The summed E-state index contributed by atoms with van der Waals surface area (Å²) in [6.45, 7) is 1.65. The van der Waals surface area contributed by atoms with Crippen molar-refractivity contribution in [3.05, 3.63) is 41.1 Å². The van der Waals surface area contributed by atoms with Gasteiger partial charge in [0.1, 0.15) is 7.05 Å². The summed E-state index contributed by atoms with van der Waals surface area (Å²) in [4.78, 5) is 0. The van der Waals surface area contributed by atoms with Crippen LogP contribution in [0, 0.1) is 30.2 Å². The van der Waals surface area contributed by atoms with E-state index < -0.39 is 23.3 Å². The molecule has 0 unspecified atom stereocenters. The minimum Gasteiger partial charge on any atom is -0.203 e. The van der Waals surface area contributed by atoms with E-state index in [2.05, 4.69) is 0 Å². The van der Waals surface area contributed by atoms with Crippen molar-refractivity contribution in [1.29, 1.82) is 0 Å². The first-order valence-electron chi connectivity index (χ1n) is 4.56. The van der Waals surface area contributed by atoms with Crippen LogP contribution in [0.25, 0.3) is 10.9 Å².